The van der Waals surface area contributed by atoms with Crippen LogP contribution < -0.4 is 5.43 Å². The van der Waals surface area contributed by atoms with Crippen LogP contribution in [-0.4, -0.2) is 20.7 Å². The number of nitrogens with one attached hydrogen (secondary N) is 1. The van der Waals surface area contributed by atoms with E-state index in [4.69, 9.17) is 23.2 Å². The Hall–Kier alpha value is -2.08. The summed E-state index contributed by atoms with van der Waals surface area (Å²) in [6.07, 6.45) is 0.0811. The Labute approximate surface area is 136 Å². The molecular weight excluding hydrogens is 325 g/mol. The number of amides is 1. The van der Waals surface area contributed by atoms with Crippen LogP contribution in [-0.2, 0) is 4.79 Å². The van der Waals surface area contributed by atoms with Crippen molar-refractivity contribution in [2.24, 2.45) is 0 Å². The molecule has 2 N–H and O–H groups in total. The van der Waals surface area contributed by atoms with Crippen molar-refractivity contribution in [2.75, 3.05) is 5.43 Å². The molecule has 112 valence electrons. The fourth-order valence-corrected chi connectivity index (χ4v) is 2.66. The molecule has 0 spiro atoms. The second kappa shape index (κ2) is 5.96. The molecule has 0 bridgehead atoms. The Bertz CT molecular complexity index is 827. The van der Waals surface area contributed by atoms with Gasteiger partial charge in [-0.05, 0) is 35.9 Å². The first kappa shape index (κ1) is 14.8. The number of hydrogen-bond acceptors (Lipinski definition) is 3. The number of aromatic nitrogens is 2. The molecule has 0 aliphatic carbocycles. The number of nitrogens with zero attached hydrogens (tertiary/aromatic N) is 2. The Kier molecular flexibility index (Phi) is 4.02. The summed E-state index contributed by atoms with van der Waals surface area (Å²) in [7, 11) is 0. The molecule has 3 rings (SSSR count). The van der Waals surface area contributed by atoms with Crippen molar-refractivity contribution in [1.82, 2.24) is 9.66 Å². The van der Waals surface area contributed by atoms with Crippen molar-refractivity contribution >= 4 is 40.1 Å². The third-order valence-electron chi connectivity index (χ3n) is 3.13. The minimum atomic E-state index is -1.39. The van der Waals surface area contributed by atoms with Crippen molar-refractivity contribution in [3.8, 4) is 0 Å². The molecule has 22 heavy (non-hydrogen) atoms. The zero-order valence-corrected chi connectivity index (χ0v) is 12.7. The van der Waals surface area contributed by atoms with E-state index < -0.39 is 12.0 Å². The van der Waals surface area contributed by atoms with E-state index in [9.17, 15) is 9.90 Å². The molecule has 0 radical (unpaired) electrons. The normalized spacial score (nSPS) is 12.3. The number of carbonyl (C=O) groups is 1. The molecule has 0 aliphatic rings. The Morgan fingerprint density at radius 1 is 1.18 bits per heavy atom. The SMILES string of the molecule is O=C(Nn1cnc2ccccc21)C(O)c1cc(Cl)cc(Cl)c1. The summed E-state index contributed by atoms with van der Waals surface area (Å²) < 4.78 is 1.45. The third kappa shape index (κ3) is 2.92. The zero-order valence-electron chi connectivity index (χ0n) is 11.2. The van der Waals surface area contributed by atoms with Gasteiger partial charge in [-0.2, -0.15) is 0 Å². The molecule has 7 heteroatoms. The number of fused-ring (bicyclic) bond motifs is 1. The second-order valence-electron chi connectivity index (χ2n) is 4.68. The molecule has 1 atom stereocenters. The maximum atomic E-state index is 12.2. The third-order valence-corrected chi connectivity index (χ3v) is 3.57. The minimum Gasteiger partial charge on any atom is -0.378 e. The van der Waals surface area contributed by atoms with Crippen LogP contribution in [0.3, 0.4) is 0 Å². The molecule has 1 heterocycles. The van der Waals surface area contributed by atoms with Gasteiger partial charge in [0.2, 0.25) is 0 Å². The number of rotatable bonds is 3. The molecule has 0 fully saturated rings. The van der Waals surface area contributed by atoms with Gasteiger partial charge in [-0.3, -0.25) is 10.2 Å². The van der Waals surface area contributed by atoms with Crippen LogP contribution in [0.4, 0.5) is 0 Å². The highest BCUT2D eigenvalue weighted by atomic mass is 35.5. The Balaban J connectivity index is 1.84. The van der Waals surface area contributed by atoms with Gasteiger partial charge in [-0.1, -0.05) is 35.3 Å². The first-order valence-corrected chi connectivity index (χ1v) is 7.17. The van der Waals surface area contributed by atoms with Gasteiger partial charge in [0.15, 0.2) is 6.10 Å². The number of carbonyl (C=O) groups excluding carboxylic acids is 1. The maximum Gasteiger partial charge on any atom is 0.272 e. The first-order chi connectivity index (χ1) is 10.5. The van der Waals surface area contributed by atoms with Crippen molar-refractivity contribution in [2.45, 2.75) is 6.10 Å². The fourth-order valence-electron chi connectivity index (χ4n) is 2.11. The lowest BCUT2D eigenvalue weighted by atomic mass is 10.1. The number of benzene rings is 2. The number of imidazole rings is 1. The molecule has 2 aromatic carbocycles. The van der Waals surface area contributed by atoms with Gasteiger partial charge >= 0.3 is 0 Å². The largest absolute Gasteiger partial charge is 0.378 e. The lowest BCUT2D eigenvalue weighted by molar-refractivity contribution is -0.125. The molecule has 1 unspecified atom stereocenters. The predicted molar refractivity (Wildman–Crippen MR) is 85.5 cm³/mol. The smallest absolute Gasteiger partial charge is 0.272 e. The number of para-hydroxylation sites is 2. The van der Waals surface area contributed by atoms with Gasteiger partial charge in [0.25, 0.3) is 5.91 Å². The zero-order chi connectivity index (χ0) is 15.7. The summed E-state index contributed by atoms with van der Waals surface area (Å²) in [4.78, 5) is 16.3. The van der Waals surface area contributed by atoms with Crippen LogP contribution >= 0.6 is 23.2 Å². The Morgan fingerprint density at radius 2 is 1.86 bits per heavy atom. The highest BCUT2D eigenvalue weighted by molar-refractivity contribution is 6.34. The van der Waals surface area contributed by atoms with E-state index in [1.807, 2.05) is 24.3 Å². The van der Waals surface area contributed by atoms with E-state index >= 15 is 0 Å². The van der Waals surface area contributed by atoms with E-state index in [0.717, 1.165) is 11.0 Å². The van der Waals surface area contributed by atoms with Gasteiger partial charge < -0.3 is 5.11 Å². The van der Waals surface area contributed by atoms with Gasteiger partial charge in [-0.15, -0.1) is 0 Å². The van der Waals surface area contributed by atoms with E-state index in [-0.39, 0.29) is 0 Å². The van der Waals surface area contributed by atoms with Crippen molar-refractivity contribution in [1.29, 1.82) is 0 Å². The highest BCUT2D eigenvalue weighted by Crippen LogP contribution is 2.24. The molecule has 0 aliphatic heterocycles. The second-order valence-corrected chi connectivity index (χ2v) is 5.56. The average Bonchev–Trinajstić information content (AvgIpc) is 2.89. The van der Waals surface area contributed by atoms with Crippen LogP contribution in [0.2, 0.25) is 10.0 Å². The number of hydrogen-bond donors (Lipinski definition) is 2. The maximum absolute atomic E-state index is 12.2. The number of aliphatic hydroxyl groups is 1. The molecular formula is C15H11Cl2N3O2. The van der Waals surface area contributed by atoms with Crippen LogP contribution in [0.5, 0.6) is 0 Å². The molecule has 1 amide bonds. The summed E-state index contributed by atoms with van der Waals surface area (Å²) in [5, 5.41) is 10.8. The standard InChI is InChI=1S/C15H11Cl2N3O2/c16-10-5-9(6-11(17)7-10)14(21)15(22)19-20-8-18-12-3-1-2-4-13(12)20/h1-8,14,21H,(H,19,22). The van der Waals surface area contributed by atoms with Gasteiger partial charge in [-0.25, -0.2) is 9.66 Å². The van der Waals surface area contributed by atoms with E-state index in [2.05, 4.69) is 10.4 Å². The van der Waals surface area contributed by atoms with Gasteiger partial charge in [0, 0.05) is 10.0 Å². The summed E-state index contributed by atoms with van der Waals surface area (Å²) in [6, 6.07) is 11.8. The summed E-state index contributed by atoms with van der Waals surface area (Å²) in [5.74, 6) is -0.610. The molecule has 0 saturated carbocycles. The van der Waals surface area contributed by atoms with E-state index in [1.54, 1.807) is 0 Å². The monoisotopic (exact) mass is 335 g/mol. The number of aliphatic hydroxyl groups excluding tert-OH is 1. The summed E-state index contributed by atoms with van der Waals surface area (Å²) in [6.45, 7) is 0. The topological polar surface area (TPSA) is 67.2 Å². The van der Waals surface area contributed by atoms with Crippen molar-refractivity contribution < 1.29 is 9.90 Å². The Morgan fingerprint density at radius 3 is 2.59 bits per heavy atom. The molecule has 5 nitrogen and oxygen atoms in total. The minimum absolute atomic E-state index is 0.319. The van der Waals surface area contributed by atoms with Crippen molar-refractivity contribution in [3.63, 3.8) is 0 Å². The highest BCUT2D eigenvalue weighted by Gasteiger charge is 2.19. The van der Waals surface area contributed by atoms with Crippen molar-refractivity contribution in [3.05, 3.63) is 64.4 Å². The average molecular weight is 336 g/mol. The lowest BCUT2D eigenvalue weighted by Crippen LogP contribution is -2.27. The molecule has 3 aromatic rings. The number of halogens is 2. The summed E-state index contributed by atoms with van der Waals surface area (Å²) in [5.41, 5.74) is 4.37. The molecule has 0 saturated heterocycles. The van der Waals surface area contributed by atoms with Gasteiger partial charge in [0.1, 0.15) is 6.33 Å². The predicted octanol–water partition coefficient (Wildman–Crippen LogP) is 3.15. The van der Waals surface area contributed by atoms with Crippen LogP contribution in [0, 0.1) is 0 Å². The molecule has 1 aromatic heterocycles. The quantitative estimate of drug-likeness (QED) is 0.772. The van der Waals surface area contributed by atoms with E-state index in [1.165, 1.54) is 29.2 Å². The van der Waals surface area contributed by atoms with Crippen LogP contribution in [0.1, 0.15) is 11.7 Å². The summed E-state index contributed by atoms with van der Waals surface area (Å²) >= 11 is 11.8. The van der Waals surface area contributed by atoms with Crippen LogP contribution in [0.25, 0.3) is 11.0 Å². The fraction of sp³-hybridized carbons (Fsp3) is 0.0667. The lowest BCUT2D eigenvalue weighted by Gasteiger charge is -2.13. The van der Waals surface area contributed by atoms with Gasteiger partial charge in [0.05, 0.1) is 11.0 Å². The van der Waals surface area contributed by atoms with Crippen LogP contribution in [0.15, 0.2) is 48.8 Å². The van der Waals surface area contributed by atoms with E-state index in [0.29, 0.717) is 15.6 Å². The first-order valence-electron chi connectivity index (χ1n) is 6.41.